The van der Waals surface area contributed by atoms with Crippen LogP contribution < -0.4 is 0 Å². The molecule has 0 atom stereocenters. The molecule has 0 aliphatic rings. The van der Waals surface area contributed by atoms with Crippen molar-refractivity contribution in [2.24, 2.45) is 0 Å². The maximum absolute atomic E-state index is 11.8. The number of unbranched alkanes of at least 4 members (excludes halogenated alkanes) is 2. The molecule has 1 aromatic carbocycles. The maximum Gasteiger partial charge on any atom is 0.303 e. The van der Waals surface area contributed by atoms with E-state index in [-0.39, 0.29) is 17.9 Å². The lowest BCUT2D eigenvalue weighted by Gasteiger charge is -2.05. The largest absolute Gasteiger partial charge is 0.481 e. The molecule has 0 aliphatic carbocycles. The number of carboxylic acid groups (broad SMARTS) is 1. The summed E-state index contributed by atoms with van der Waals surface area (Å²) in [4.78, 5) is 10.4. The number of carboxylic acids is 1. The van der Waals surface area contributed by atoms with Gasteiger partial charge in [-0.2, -0.15) is 8.42 Å². The molecule has 0 heterocycles. The zero-order valence-electron chi connectivity index (χ0n) is 10.8. The van der Waals surface area contributed by atoms with E-state index >= 15 is 0 Å². The van der Waals surface area contributed by atoms with Gasteiger partial charge in [0, 0.05) is 6.42 Å². The number of hydrogen-bond donors (Lipinski definition) is 1. The van der Waals surface area contributed by atoms with E-state index in [9.17, 15) is 13.2 Å². The van der Waals surface area contributed by atoms with E-state index in [0.29, 0.717) is 19.3 Å². The van der Waals surface area contributed by atoms with Gasteiger partial charge in [-0.1, -0.05) is 24.1 Å². The molecule has 0 amide bonds. The Morgan fingerprint density at radius 3 is 2.37 bits per heavy atom. The van der Waals surface area contributed by atoms with Crippen molar-refractivity contribution in [2.45, 2.75) is 37.5 Å². The normalized spacial score (nSPS) is 11.4. The Hall–Kier alpha value is -1.40. The standard InChI is InChI=1S/C13H18O5S/c1-11-6-8-12(9-7-11)19(16,17)18-10-4-2-3-5-13(14)15/h6-9H,2-5,10H2,1H3,(H,14,15). The van der Waals surface area contributed by atoms with Gasteiger partial charge >= 0.3 is 5.97 Å². The van der Waals surface area contributed by atoms with Gasteiger partial charge in [-0.3, -0.25) is 8.98 Å². The Morgan fingerprint density at radius 2 is 1.79 bits per heavy atom. The molecule has 19 heavy (non-hydrogen) atoms. The van der Waals surface area contributed by atoms with Gasteiger partial charge in [0.15, 0.2) is 0 Å². The van der Waals surface area contributed by atoms with Crippen LogP contribution in [-0.4, -0.2) is 26.1 Å². The minimum atomic E-state index is -3.70. The minimum Gasteiger partial charge on any atom is -0.481 e. The van der Waals surface area contributed by atoms with Gasteiger partial charge in [0.25, 0.3) is 10.1 Å². The molecule has 0 aliphatic heterocycles. The highest BCUT2D eigenvalue weighted by Gasteiger charge is 2.14. The van der Waals surface area contributed by atoms with Crippen molar-refractivity contribution in [3.05, 3.63) is 29.8 Å². The highest BCUT2D eigenvalue weighted by atomic mass is 32.2. The number of aliphatic carboxylic acids is 1. The number of benzene rings is 1. The third-order valence-electron chi connectivity index (χ3n) is 2.58. The fraction of sp³-hybridized carbons (Fsp3) is 0.462. The fourth-order valence-corrected chi connectivity index (χ4v) is 2.44. The summed E-state index contributed by atoms with van der Waals surface area (Å²) in [6.07, 6.45) is 1.79. The van der Waals surface area contributed by atoms with Gasteiger partial charge in [0.1, 0.15) is 0 Å². The van der Waals surface area contributed by atoms with Crippen LogP contribution in [0.2, 0.25) is 0 Å². The van der Waals surface area contributed by atoms with E-state index in [1.807, 2.05) is 6.92 Å². The number of hydrogen-bond acceptors (Lipinski definition) is 4. The molecule has 0 bridgehead atoms. The third-order valence-corrected chi connectivity index (χ3v) is 3.91. The lowest BCUT2D eigenvalue weighted by Crippen LogP contribution is -2.07. The van der Waals surface area contributed by atoms with Crippen LogP contribution >= 0.6 is 0 Å². The summed E-state index contributed by atoms with van der Waals surface area (Å²) in [5, 5.41) is 8.44. The van der Waals surface area contributed by atoms with Crippen LogP contribution in [0, 0.1) is 6.92 Å². The van der Waals surface area contributed by atoms with E-state index in [2.05, 4.69) is 0 Å². The summed E-state index contributed by atoms with van der Waals surface area (Å²) < 4.78 is 28.4. The molecule has 5 nitrogen and oxygen atoms in total. The van der Waals surface area contributed by atoms with Crippen LogP contribution in [0.1, 0.15) is 31.2 Å². The summed E-state index contributed by atoms with van der Waals surface area (Å²) >= 11 is 0. The molecular weight excluding hydrogens is 268 g/mol. The molecule has 0 aromatic heterocycles. The van der Waals surface area contributed by atoms with Gasteiger partial charge < -0.3 is 5.11 Å². The van der Waals surface area contributed by atoms with Crippen LogP contribution in [0.3, 0.4) is 0 Å². The molecule has 6 heteroatoms. The Balaban J connectivity index is 2.35. The average Bonchev–Trinajstić information content (AvgIpc) is 2.34. The molecule has 1 rings (SSSR count). The van der Waals surface area contributed by atoms with Crippen LogP contribution in [0.4, 0.5) is 0 Å². The number of rotatable bonds is 8. The van der Waals surface area contributed by atoms with E-state index in [0.717, 1.165) is 5.56 Å². The molecule has 1 aromatic rings. The average molecular weight is 286 g/mol. The molecule has 0 radical (unpaired) electrons. The van der Waals surface area contributed by atoms with Crippen molar-refractivity contribution in [3.8, 4) is 0 Å². The Morgan fingerprint density at radius 1 is 1.16 bits per heavy atom. The van der Waals surface area contributed by atoms with Crippen molar-refractivity contribution in [3.63, 3.8) is 0 Å². The lowest BCUT2D eigenvalue weighted by atomic mass is 10.2. The van der Waals surface area contributed by atoms with E-state index in [1.54, 1.807) is 12.1 Å². The van der Waals surface area contributed by atoms with Crippen molar-refractivity contribution >= 4 is 16.1 Å². The first kappa shape index (κ1) is 15.7. The highest BCUT2D eigenvalue weighted by molar-refractivity contribution is 7.86. The highest BCUT2D eigenvalue weighted by Crippen LogP contribution is 2.14. The van der Waals surface area contributed by atoms with Crippen LogP contribution in [0.15, 0.2) is 29.2 Å². The van der Waals surface area contributed by atoms with E-state index < -0.39 is 16.1 Å². The van der Waals surface area contributed by atoms with Crippen molar-refractivity contribution in [1.29, 1.82) is 0 Å². The topological polar surface area (TPSA) is 80.7 Å². The van der Waals surface area contributed by atoms with Gasteiger partial charge in [0.05, 0.1) is 11.5 Å². The zero-order chi connectivity index (χ0) is 14.3. The van der Waals surface area contributed by atoms with E-state index in [1.165, 1.54) is 12.1 Å². The summed E-state index contributed by atoms with van der Waals surface area (Å²) in [6.45, 7) is 1.95. The summed E-state index contributed by atoms with van der Waals surface area (Å²) in [6, 6.07) is 6.44. The van der Waals surface area contributed by atoms with Gasteiger partial charge in [0.2, 0.25) is 0 Å². The second kappa shape index (κ2) is 7.25. The first-order valence-corrected chi connectivity index (χ1v) is 7.50. The van der Waals surface area contributed by atoms with Crippen LogP contribution in [0.5, 0.6) is 0 Å². The Kier molecular flexibility index (Phi) is 5.98. The lowest BCUT2D eigenvalue weighted by molar-refractivity contribution is -0.137. The molecule has 0 unspecified atom stereocenters. The molecule has 0 saturated heterocycles. The molecule has 0 spiro atoms. The number of carbonyl (C=O) groups is 1. The SMILES string of the molecule is Cc1ccc(S(=O)(=O)OCCCCCC(=O)O)cc1. The second-order valence-corrected chi connectivity index (χ2v) is 5.91. The second-order valence-electron chi connectivity index (χ2n) is 4.29. The molecule has 0 saturated carbocycles. The minimum absolute atomic E-state index is 0.0792. The molecular formula is C13H18O5S. The van der Waals surface area contributed by atoms with Crippen LogP contribution in [0.25, 0.3) is 0 Å². The summed E-state index contributed by atoms with van der Waals surface area (Å²) in [5.74, 6) is -0.840. The van der Waals surface area contributed by atoms with E-state index in [4.69, 9.17) is 9.29 Å². The summed E-state index contributed by atoms with van der Waals surface area (Å²) in [5.41, 5.74) is 0.979. The predicted molar refractivity (Wildman–Crippen MR) is 70.4 cm³/mol. The summed E-state index contributed by atoms with van der Waals surface area (Å²) in [7, 11) is -3.70. The maximum atomic E-state index is 11.8. The first-order valence-electron chi connectivity index (χ1n) is 6.10. The smallest absolute Gasteiger partial charge is 0.303 e. The number of aryl methyl sites for hydroxylation is 1. The van der Waals surface area contributed by atoms with Gasteiger partial charge in [-0.25, -0.2) is 0 Å². The first-order chi connectivity index (χ1) is 8.92. The molecule has 0 fully saturated rings. The molecule has 1 N–H and O–H groups in total. The van der Waals surface area contributed by atoms with Gasteiger partial charge in [-0.15, -0.1) is 0 Å². The fourth-order valence-electron chi connectivity index (χ4n) is 1.50. The van der Waals surface area contributed by atoms with Crippen molar-refractivity contribution in [1.82, 2.24) is 0 Å². The van der Waals surface area contributed by atoms with Crippen LogP contribution in [-0.2, 0) is 19.1 Å². The quantitative estimate of drug-likeness (QED) is 0.586. The van der Waals surface area contributed by atoms with Gasteiger partial charge in [-0.05, 0) is 31.9 Å². The zero-order valence-corrected chi connectivity index (χ0v) is 11.6. The monoisotopic (exact) mass is 286 g/mol. The predicted octanol–water partition coefficient (Wildman–Crippen LogP) is 2.35. The Bertz CT molecular complexity index is 504. The Labute approximate surface area is 113 Å². The molecule has 106 valence electrons. The van der Waals surface area contributed by atoms with Crippen molar-refractivity contribution in [2.75, 3.05) is 6.61 Å². The third kappa shape index (κ3) is 5.85. The van der Waals surface area contributed by atoms with Crippen molar-refractivity contribution < 1.29 is 22.5 Å².